The summed E-state index contributed by atoms with van der Waals surface area (Å²) in [6.45, 7) is 9.57. The lowest BCUT2D eigenvalue weighted by atomic mass is 10.0. The molecule has 0 spiro atoms. The van der Waals surface area contributed by atoms with Gasteiger partial charge >= 0.3 is 0 Å². The molecule has 1 aliphatic heterocycles. The summed E-state index contributed by atoms with van der Waals surface area (Å²) >= 11 is 1.39. The van der Waals surface area contributed by atoms with Gasteiger partial charge in [0, 0.05) is 37.1 Å². The molecule has 164 valence electrons. The fourth-order valence-electron chi connectivity index (χ4n) is 3.78. The normalized spacial score (nSPS) is 17.9. The molecule has 0 bridgehead atoms. The highest BCUT2D eigenvalue weighted by molar-refractivity contribution is 7.89. The Kier molecular flexibility index (Phi) is 7.62. The van der Waals surface area contributed by atoms with E-state index in [1.165, 1.54) is 40.6 Å². The van der Waals surface area contributed by atoms with Gasteiger partial charge in [-0.3, -0.25) is 15.0 Å². The van der Waals surface area contributed by atoms with Crippen molar-refractivity contribution in [3.8, 4) is 0 Å². The number of anilines is 1. The van der Waals surface area contributed by atoms with Crippen LogP contribution in [0.2, 0.25) is 0 Å². The van der Waals surface area contributed by atoms with Crippen molar-refractivity contribution >= 4 is 32.4 Å². The molecule has 1 aromatic heterocycles. The van der Waals surface area contributed by atoms with Crippen molar-refractivity contribution in [3.05, 3.63) is 40.9 Å². The molecular weight excluding hydrogens is 420 g/mol. The molecule has 0 aliphatic carbocycles. The lowest BCUT2D eigenvalue weighted by molar-refractivity contribution is 0.102. The van der Waals surface area contributed by atoms with Gasteiger partial charge in [0.1, 0.15) is 0 Å². The summed E-state index contributed by atoms with van der Waals surface area (Å²) in [5.41, 5.74) is 1.24. The van der Waals surface area contributed by atoms with Crippen LogP contribution in [0.4, 0.5) is 5.13 Å². The van der Waals surface area contributed by atoms with E-state index in [9.17, 15) is 13.2 Å². The Balaban J connectivity index is 1.67. The monoisotopic (exact) mass is 450 g/mol. The average Bonchev–Trinajstić information content (AvgIpc) is 3.15. The molecule has 1 aliphatic rings. The minimum Gasteiger partial charge on any atom is -0.298 e. The smallest absolute Gasteiger partial charge is 0.257 e. The van der Waals surface area contributed by atoms with E-state index >= 15 is 0 Å². The Morgan fingerprint density at radius 1 is 1.33 bits per heavy atom. The molecule has 1 N–H and O–H groups in total. The Bertz CT molecular complexity index is 970. The highest BCUT2D eigenvalue weighted by Crippen LogP contribution is 2.22. The largest absolute Gasteiger partial charge is 0.298 e. The summed E-state index contributed by atoms with van der Waals surface area (Å²) < 4.78 is 26.8. The van der Waals surface area contributed by atoms with E-state index in [-0.39, 0.29) is 10.8 Å². The summed E-state index contributed by atoms with van der Waals surface area (Å²) in [5, 5.41) is 5.30. The minimum atomic E-state index is -3.61. The third-order valence-corrected chi connectivity index (χ3v) is 8.19. The molecule has 1 amide bonds. The second kappa shape index (κ2) is 10.00. The second-order valence-electron chi connectivity index (χ2n) is 7.70. The number of carbonyl (C=O) groups excluding carboxylic acids is 1. The predicted octanol–water partition coefficient (Wildman–Crippen LogP) is 3.66. The summed E-state index contributed by atoms with van der Waals surface area (Å²) in [6.07, 6.45) is 2.49. The van der Waals surface area contributed by atoms with Crippen LogP contribution in [0.3, 0.4) is 0 Å². The van der Waals surface area contributed by atoms with Crippen LogP contribution in [0.25, 0.3) is 0 Å². The van der Waals surface area contributed by atoms with Crippen molar-refractivity contribution in [2.24, 2.45) is 5.92 Å². The number of likely N-dealkylation sites (tertiary alicyclic amines) is 1. The van der Waals surface area contributed by atoms with Gasteiger partial charge in [-0.2, -0.15) is 4.31 Å². The molecule has 1 saturated heterocycles. The first-order valence-corrected chi connectivity index (χ1v) is 12.7. The Morgan fingerprint density at radius 2 is 2.10 bits per heavy atom. The number of carbonyl (C=O) groups is 1. The molecule has 3 rings (SSSR count). The van der Waals surface area contributed by atoms with E-state index in [1.807, 2.05) is 5.38 Å². The van der Waals surface area contributed by atoms with Crippen molar-refractivity contribution < 1.29 is 13.2 Å². The molecule has 1 aromatic carbocycles. The van der Waals surface area contributed by atoms with E-state index in [4.69, 9.17) is 0 Å². The number of aromatic nitrogens is 1. The van der Waals surface area contributed by atoms with Gasteiger partial charge in [-0.25, -0.2) is 13.4 Å². The Morgan fingerprint density at radius 3 is 2.80 bits per heavy atom. The van der Waals surface area contributed by atoms with Crippen molar-refractivity contribution in [3.63, 3.8) is 0 Å². The molecule has 2 heterocycles. The van der Waals surface area contributed by atoms with Gasteiger partial charge in [-0.15, -0.1) is 11.3 Å². The van der Waals surface area contributed by atoms with E-state index < -0.39 is 10.0 Å². The zero-order valence-electron chi connectivity index (χ0n) is 17.8. The van der Waals surface area contributed by atoms with Gasteiger partial charge in [-0.05, 0) is 43.5 Å². The van der Waals surface area contributed by atoms with Gasteiger partial charge in [0.05, 0.1) is 10.6 Å². The number of hydrogen-bond acceptors (Lipinski definition) is 6. The van der Waals surface area contributed by atoms with Gasteiger partial charge in [0.25, 0.3) is 5.91 Å². The van der Waals surface area contributed by atoms with Crippen molar-refractivity contribution in [2.45, 2.75) is 45.1 Å². The third-order valence-electron chi connectivity index (χ3n) is 5.34. The summed E-state index contributed by atoms with van der Waals surface area (Å²) in [4.78, 5) is 19.7. The van der Waals surface area contributed by atoms with Crippen LogP contribution in [0, 0.1) is 5.92 Å². The highest BCUT2D eigenvalue weighted by atomic mass is 32.2. The zero-order chi connectivity index (χ0) is 21.7. The van der Waals surface area contributed by atoms with Crippen molar-refractivity contribution in [2.75, 3.05) is 31.5 Å². The number of hydrogen-bond donors (Lipinski definition) is 1. The first kappa shape index (κ1) is 22.9. The molecule has 0 radical (unpaired) electrons. The lowest BCUT2D eigenvalue weighted by Gasteiger charge is -2.30. The van der Waals surface area contributed by atoms with Gasteiger partial charge in [0.2, 0.25) is 10.0 Å². The molecule has 0 saturated carbocycles. The maximum atomic E-state index is 12.7. The summed E-state index contributed by atoms with van der Waals surface area (Å²) in [6, 6.07) is 6.15. The summed E-state index contributed by atoms with van der Waals surface area (Å²) in [5.74, 6) is 0.343. The molecule has 1 fully saturated rings. The molecule has 1 unspecified atom stereocenters. The topological polar surface area (TPSA) is 82.6 Å². The van der Waals surface area contributed by atoms with E-state index in [0.29, 0.717) is 29.7 Å². The van der Waals surface area contributed by atoms with Crippen LogP contribution in [-0.2, 0) is 16.6 Å². The predicted molar refractivity (Wildman–Crippen MR) is 120 cm³/mol. The maximum Gasteiger partial charge on any atom is 0.257 e. The van der Waals surface area contributed by atoms with Crippen molar-refractivity contribution in [1.29, 1.82) is 0 Å². The number of thiazole rings is 1. The number of nitrogens with one attached hydrogen (secondary N) is 1. The number of piperidine rings is 1. The quantitative estimate of drug-likeness (QED) is 0.664. The molecular formula is C21H30N4O3S2. The van der Waals surface area contributed by atoms with Gasteiger partial charge in [0.15, 0.2) is 5.13 Å². The van der Waals surface area contributed by atoms with Gasteiger partial charge in [-0.1, -0.05) is 26.8 Å². The Labute approximate surface area is 183 Å². The van der Waals surface area contributed by atoms with E-state index in [2.05, 4.69) is 22.1 Å². The van der Waals surface area contributed by atoms with Crippen molar-refractivity contribution in [1.82, 2.24) is 14.2 Å². The van der Waals surface area contributed by atoms with Crippen LogP contribution in [0.15, 0.2) is 34.5 Å². The number of amides is 1. The SMILES string of the molecule is CCN(CC)S(=O)(=O)c1cccc(C(=O)Nc2nc(CN3CCCC(C)C3)cs2)c1. The maximum absolute atomic E-state index is 12.7. The fourth-order valence-corrected chi connectivity index (χ4v) is 5.98. The highest BCUT2D eigenvalue weighted by Gasteiger charge is 2.23. The first-order valence-electron chi connectivity index (χ1n) is 10.4. The van der Waals surface area contributed by atoms with Crippen LogP contribution in [0.1, 0.15) is 49.7 Å². The lowest BCUT2D eigenvalue weighted by Crippen LogP contribution is -2.33. The number of sulfonamides is 1. The third kappa shape index (κ3) is 5.46. The van der Waals surface area contributed by atoms with Crippen LogP contribution in [0.5, 0.6) is 0 Å². The number of nitrogens with zero attached hydrogens (tertiary/aromatic N) is 3. The number of benzene rings is 1. The average molecular weight is 451 g/mol. The molecule has 30 heavy (non-hydrogen) atoms. The summed E-state index contributed by atoms with van der Waals surface area (Å²) in [7, 11) is -3.61. The van der Waals surface area contributed by atoms with Gasteiger partial charge < -0.3 is 0 Å². The zero-order valence-corrected chi connectivity index (χ0v) is 19.4. The first-order chi connectivity index (χ1) is 14.3. The fraction of sp³-hybridized carbons (Fsp3) is 0.524. The molecule has 2 aromatic rings. The molecule has 9 heteroatoms. The second-order valence-corrected chi connectivity index (χ2v) is 10.5. The van der Waals surface area contributed by atoms with Crippen LogP contribution < -0.4 is 5.32 Å². The van der Waals surface area contributed by atoms with Crippen LogP contribution in [-0.4, -0.2) is 54.7 Å². The number of rotatable bonds is 8. The van der Waals surface area contributed by atoms with E-state index in [0.717, 1.165) is 25.3 Å². The van der Waals surface area contributed by atoms with Crippen LogP contribution >= 0.6 is 11.3 Å². The Hall–Kier alpha value is -1.81. The molecule has 7 nitrogen and oxygen atoms in total. The standard InChI is InChI=1S/C21H30N4O3S2/c1-4-25(5-2)30(27,28)19-10-6-9-17(12-19)20(26)23-21-22-18(15-29-21)14-24-11-7-8-16(3)13-24/h6,9-10,12,15-16H,4-5,7-8,11,13-14H2,1-3H3,(H,22,23,26). The minimum absolute atomic E-state index is 0.123. The molecule has 1 atom stereocenters. The van der Waals surface area contributed by atoms with E-state index in [1.54, 1.807) is 26.0 Å².